The van der Waals surface area contributed by atoms with Gasteiger partial charge in [0.2, 0.25) is 0 Å². The molecule has 0 saturated carbocycles. The van der Waals surface area contributed by atoms with Crippen molar-refractivity contribution in [2.24, 2.45) is 5.92 Å². The molecule has 1 amide bonds. The molecule has 1 spiro atoms. The van der Waals surface area contributed by atoms with Gasteiger partial charge in [0.15, 0.2) is 0 Å². The van der Waals surface area contributed by atoms with E-state index in [4.69, 9.17) is 26.2 Å². The molecule has 1 aromatic carbocycles. The molecule has 10 heteroatoms. The van der Waals surface area contributed by atoms with Crippen LogP contribution < -0.4 is 0 Å². The highest BCUT2D eigenvalue weighted by atomic mass is 35.5. The van der Waals surface area contributed by atoms with E-state index in [1.54, 1.807) is 19.2 Å². The lowest BCUT2D eigenvalue weighted by Crippen LogP contribution is -2.72. The van der Waals surface area contributed by atoms with Gasteiger partial charge in [-0.05, 0) is 50.6 Å². The minimum atomic E-state index is -5.08. The Kier molecular flexibility index (Phi) is 7.53. The molecule has 0 aromatic heterocycles. The topological polar surface area (TPSA) is 70.1 Å². The number of carboxylic acids is 1. The van der Waals surface area contributed by atoms with Crippen LogP contribution in [0.2, 0.25) is 5.02 Å². The molecule has 2 heterocycles. The van der Waals surface area contributed by atoms with Crippen LogP contribution >= 0.6 is 11.6 Å². The van der Waals surface area contributed by atoms with E-state index in [1.165, 1.54) is 6.42 Å². The fourth-order valence-electron chi connectivity index (χ4n) is 3.77. The number of carbonyl (C=O) groups excluding carboxylic acids is 1. The highest BCUT2D eigenvalue weighted by Gasteiger charge is 2.50. The molecule has 162 valence electrons. The van der Waals surface area contributed by atoms with Gasteiger partial charge in [-0.1, -0.05) is 17.7 Å². The average molecular weight is 437 g/mol. The van der Waals surface area contributed by atoms with Gasteiger partial charge in [0.05, 0.1) is 5.54 Å². The first kappa shape index (κ1) is 23.4. The lowest BCUT2D eigenvalue weighted by molar-refractivity contribution is -0.192. The van der Waals surface area contributed by atoms with E-state index in [-0.39, 0.29) is 11.4 Å². The predicted octanol–water partition coefficient (Wildman–Crippen LogP) is 3.16. The van der Waals surface area contributed by atoms with Gasteiger partial charge in [-0.15, -0.1) is 0 Å². The fraction of sp³-hybridized carbons (Fsp3) is 0.579. The monoisotopic (exact) mass is 436 g/mol. The van der Waals surface area contributed by atoms with E-state index >= 15 is 0 Å². The number of ether oxygens (including phenoxy) is 1. The summed E-state index contributed by atoms with van der Waals surface area (Å²) in [4.78, 5) is 25.8. The number of methoxy groups -OCH3 is 1. The molecule has 0 radical (unpaired) electrons. The Labute approximate surface area is 172 Å². The van der Waals surface area contributed by atoms with Crippen molar-refractivity contribution in [2.75, 3.05) is 40.4 Å². The minimum absolute atomic E-state index is 0.0791. The van der Waals surface area contributed by atoms with Gasteiger partial charge in [-0.3, -0.25) is 9.69 Å². The third kappa shape index (κ3) is 5.83. The number of nitrogens with zero attached hydrogens (tertiary/aromatic N) is 2. The van der Waals surface area contributed by atoms with Crippen molar-refractivity contribution in [3.05, 3.63) is 34.9 Å². The second-order valence-electron chi connectivity index (χ2n) is 7.43. The summed E-state index contributed by atoms with van der Waals surface area (Å²) >= 11 is 5.98. The van der Waals surface area contributed by atoms with Crippen LogP contribution in [0.1, 0.15) is 23.2 Å². The lowest BCUT2D eigenvalue weighted by Gasteiger charge is -2.58. The maximum absolute atomic E-state index is 12.5. The average Bonchev–Trinajstić information content (AvgIpc) is 2.61. The summed E-state index contributed by atoms with van der Waals surface area (Å²) in [6.45, 7) is 3.50. The lowest BCUT2D eigenvalue weighted by atomic mass is 9.75. The van der Waals surface area contributed by atoms with Gasteiger partial charge < -0.3 is 14.7 Å². The zero-order valence-corrected chi connectivity index (χ0v) is 17.0. The number of alkyl halides is 3. The molecule has 2 aliphatic rings. The summed E-state index contributed by atoms with van der Waals surface area (Å²) in [7, 11) is 3.94. The molecule has 1 N–H and O–H groups in total. The number of likely N-dealkylation sites (N-methyl/N-ethyl adjacent to an activating group) is 1. The predicted molar refractivity (Wildman–Crippen MR) is 101 cm³/mol. The van der Waals surface area contributed by atoms with Gasteiger partial charge >= 0.3 is 12.1 Å². The number of piperidine rings is 1. The van der Waals surface area contributed by atoms with E-state index < -0.39 is 12.1 Å². The molecule has 0 aliphatic carbocycles. The van der Waals surface area contributed by atoms with Crippen molar-refractivity contribution >= 4 is 23.5 Å². The Morgan fingerprint density at radius 2 is 1.97 bits per heavy atom. The van der Waals surface area contributed by atoms with E-state index in [1.807, 2.05) is 17.0 Å². The molecule has 3 rings (SSSR count). The van der Waals surface area contributed by atoms with Gasteiger partial charge in [0.1, 0.15) is 0 Å². The van der Waals surface area contributed by atoms with Crippen molar-refractivity contribution in [3.8, 4) is 0 Å². The number of rotatable bonds is 3. The Balaban J connectivity index is 0.000000370. The zero-order valence-electron chi connectivity index (χ0n) is 16.2. The van der Waals surface area contributed by atoms with Crippen LogP contribution in [0.25, 0.3) is 0 Å². The summed E-state index contributed by atoms with van der Waals surface area (Å²) in [6, 6.07) is 7.19. The van der Waals surface area contributed by atoms with E-state index in [0.29, 0.717) is 16.5 Å². The molecule has 0 bridgehead atoms. The number of hydrogen-bond acceptors (Lipinski definition) is 4. The molecule has 1 aromatic rings. The number of carboxylic acid groups (broad SMARTS) is 1. The second-order valence-corrected chi connectivity index (χ2v) is 7.87. The highest BCUT2D eigenvalue weighted by molar-refractivity contribution is 6.30. The normalized spacial score (nSPS) is 21.2. The molecule has 29 heavy (non-hydrogen) atoms. The van der Waals surface area contributed by atoms with E-state index in [2.05, 4.69) is 11.9 Å². The number of halogens is 4. The van der Waals surface area contributed by atoms with Crippen LogP contribution in [0.3, 0.4) is 0 Å². The maximum Gasteiger partial charge on any atom is 0.490 e. The molecule has 2 fully saturated rings. The van der Waals surface area contributed by atoms with Crippen molar-refractivity contribution in [3.63, 3.8) is 0 Å². The largest absolute Gasteiger partial charge is 0.490 e. The molecule has 1 unspecified atom stereocenters. The smallest absolute Gasteiger partial charge is 0.475 e. The van der Waals surface area contributed by atoms with E-state index in [0.717, 1.165) is 32.7 Å². The molecule has 1 atom stereocenters. The summed E-state index contributed by atoms with van der Waals surface area (Å²) < 4.78 is 37.1. The molecule has 6 nitrogen and oxygen atoms in total. The third-order valence-corrected chi connectivity index (χ3v) is 5.56. The van der Waals surface area contributed by atoms with Gasteiger partial charge in [0.25, 0.3) is 5.91 Å². The Morgan fingerprint density at radius 1 is 1.34 bits per heavy atom. The summed E-state index contributed by atoms with van der Waals surface area (Å²) in [6.07, 6.45) is -2.80. The summed E-state index contributed by atoms with van der Waals surface area (Å²) in [5, 5.41) is 7.73. The fourth-order valence-corrected chi connectivity index (χ4v) is 3.96. The van der Waals surface area contributed by atoms with Crippen LogP contribution in [-0.4, -0.2) is 78.9 Å². The number of likely N-dealkylation sites (tertiary alicyclic amines) is 2. The van der Waals surface area contributed by atoms with Crippen molar-refractivity contribution in [2.45, 2.75) is 24.6 Å². The molecule has 2 saturated heterocycles. The molecular weight excluding hydrogens is 413 g/mol. The SMILES string of the molecule is COCC1CCN(C)C2(C1)CN(C(=O)c1cccc(Cl)c1)C2.O=C(O)C(F)(F)F. The van der Waals surface area contributed by atoms with Crippen molar-refractivity contribution < 1.29 is 32.6 Å². The van der Waals surface area contributed by atoms with E-state index in [9.17, 15) is 18.0 Å². The quantitative estimate of drug-likeness (QED) is 0.788. The highest BCUT2D eigenvalue weighted by Crippen LogP contribution is 2.38. The Bertz CT molecular complexity index is 738. The maximum atomic E-state index is 12.5. The number of carbonyl (C=O) groups is 2. The number of amides is 1. The standard InChI is InChI=1S/C17H23ClN2O2.C2HF3O2/c1-19-7-6-13(10-22-2)9-17(19)11-20(12-17)16(21)14-4-3-5-15(18)8-14;3-2(4,5)1(6)7/h3-5,8,13H,6-7,9-12H2,1-2H3;(H,6,7). The van der Waals surface area contributed by atoms with Crippen LogP contribution in [0.4, 0.5) is 13.2 Å². The number of benzene rings is 1. The van der Waals surface area contributed by atoms with Crippen molar-refractivity contribution in [1.29, 1.82) is 0 Å². The zero-order chi connectivity index (χ0) is 21.8. The van der Waals surface area contributed by atoms with Crippen molar-refractivity contribution in [1.82, 2.24) is 9.80 Å². The number of aliphatic carboxylic acids is 1. The first-order valence-electron chi connectivity index (χ1n) is 9.03. The van der Waals surface area contributed by atoms with Crippen LogP contribution in [0, 0.1) is 5.92 Å². The minimum Gasteiger partial charge on any atom is -0.475 e. The Hall–Kier alpha value is -1.84. The first-order valence-corrected chi connectivity index (χ1v) is 9.41. The third-order valence-electron chi connectivity index (χ3n) is 5.33. The van der Waals surface area contributed by atoms with Gasteiger partial charge in [-0.25, -0.2) is 4.79 Å². The van der Waals surface area contributed by atoms with Crippen LogP contribution in [0.5, 0.6) is 0 Å². The van der Waals surface area contributed by atoms with Gasteiger partial charge in [-0.2, -0.15) is 13.2 Å². The van der Waals surface area contributed by atoms with Gasteiger partial charge in [0, 0.05) is 37.4 Å². The summed E-state index contributed by atoms with van der Waals surface area (Å²) in [5.41, 5.74) is 0.810. The molecular formula is C19H24ClF3N2O4. The second kappa shape index (κ2) is 9.32. The van der Waals surface area contributed by atoms with Crippen LogP contribution in [0.15, 0.2) is 24.3 Å². The molecule has 2 aliphatic heterocycles. The van der Waals surface area contributed by atoms with Crippen LogP contribution in [-0.2, 0) is 9.53 Å². The Morgan fingerprint density at radius 3 is 2.48 bits per heavy atom. The summed E-state index contributed by atoms with van der Waals surface area (Å²) in [5.74, 6) is -2.08. The number of hydrogen-bond donors (Lipinski definition) is 1. The first-order chi connectivity index (χ1) is 13.5.